The van der Waals surface area contributed by atoms with Crippen LogP contribution in [0.3, 0.4) is 0 Å². The van der Waals surface area contributed by atoms with E-state index in [2.05, 4.69) is 52.1 Å². The highest BCUT2D eigenvalue weighted by Gasteiger charge is 1.98. The van der Waals surface area contributed by atoms with Gasteiger partial charge < -0.3 is 4.74 Å². The molecule has 1 heterocycles. The number of alkyl halides is 1. The van der Waals surface area contributed by atoms with Gasteiger partial charge in [-0.25, -0.2) is 0 Å². The lowest BCUT2D eigenvalue weighted by molar-refractivity contribution is 0.320. The Hall–Kier alpha value is -1.35. The van der Waals surface area contributed by atoms with Crippen LogP contribution in [-0.2, 0) is 19.3 Å². The first-order valence-corrected chi connectivity index (χ1v) is 8.15. The molecule has 0 bridgehead atoms. The number of aryl methyl sites for hydroxylation is 2. The molecule has 1 aromatic heterocycles. The topological polar surface area (TPSA) is 22.1 Å². The molecular formula is C17H20BrNO. The van der Waals surface area contributed by atoms with Gasteiger partial charge in [-0.3, -0.25) is 4.98 Å². The van der Waals surface area contributed by atoms with Gasteiger partial charge in [-0.2, -0.15) is 0 Å². The average molecular weight is 334 g/mol. The molecule has 0 N–H and O–H groups in total. The second-order valence-corrected chi connectivity index (χ2v) is 5.49. The molecular weight excluding hydrogens is 314 g/mol. The molecule has 0 saturated carbocycles. The summed E-state index contributed by atoms with van der Waals surface area (Å²) in [6.07, 6.45) is 4.87. The molecule has 2 rings (SSSR count). The molecule has 0 aliphatic carbocycles. The van der Waals surface area contributed by atoms with E-state index in [4.69, 9.17) is 4.74 Å². The fourth-order valence-corrected chi connectivity index (χ4v) is 2.40. The summed E-state index contributed by atoms with van der Waals surface area (Å²) >= 11 is 3.44. The van der Waals surface area contributed by atoms with Crippen LogP contribution in [0.5, 0.6) is 5.75 Å². The first-order valence-electron chi connectivity index (χ1n) is 7.03. The number of pyridine rings is 1. The Morgan fingerprint density at radius 3 is 2.35 bits per heavy atom. The van der Waals surface area contributed by atoms with Crippen LogP contribution in [0.15, 0.2) is 42.6 Å². The molecule has 0 radical (unpaired) electrons. The zero-order valence-electron chi connectivity index (χ0n) is 11.8. The lowest BCUT2D eigenvalue weighted by atomic mass is 10.2. The van der Waals surface area contributed by atoms with E-state index in [1.807, 2.05) is 18.3 Å². The summed E-state index contributed by atoms with van der Waals surface area (Å²) in [7, 11) is 0. The Kier molecular flexibility index (Phi) is 6.06. The normalized spacial score (nSPS) is 10.5. The van der Waals surface area contributed by atoms with Crippen molar-refractivity contribution in [3.05, 3.63) is 59.4 Å². The van der Waals surface area contributed by atoms with Gasteiger partial charge in [0.1, 0.15) is 5.75 Å². The Morgan fingerprint density at radius 2 is 1.75 bits per heavy atom. The number of rotatable bonds is 7. The summed E-state index contributed by atoms with van der Waals surface area (Å²) in [5, 5.41) is 0.993. The number of hydrogen-bond donors (Lipinski definition) is 0. The van der Waals surface area contributed by atoms with Crippen LogP contribution in [0.4, 0.5) is 0 Å². The van der Waals surface area contributed by atoms with E-state index in [1.165, 1.54) is 11.1 Å². The van der Waals surface area contributed by atoms with Gasteiger partial charge in [0.25, 0.3) is 0 Å². The standard InChI is InChI=1S/C17H20BrNO/c1-2-14-3-6-16(19-13-14)10-12-20-17-7-4-15(5-8-17)9-11-18/h3-8,13H,2,9-12H2,1H3. The van der Waals surface area contributed by atoms with E-state index < -0.39 is 0 Å². The summed E-state index contributed by atoms with van der Waals surface area (Å²) in [6.45, 7) is 2.80. The van der Waals surface area contributed by atoms with E-state index >= 15 is 0 Å². The van der Waals surface area contributed by atoms with Gasteiger partial charge in [0.15, 0.2) is 0 Å². The molecule has 0 fully saturated rings. The maximum Gasteiger partial charge on any atom is 0.119 e. The fraction of sp³-hybridized carbons (Fsp3) is 0.353. The van der Waals surface area contributed by atoms with Gasteiger partial charge in [-0.1, -0.05) is 41.1 Å². The summed E-state index contributed by atoms with van der Waals surface area (Å²) in [5.74, 6) is 0.925. The molecule has 0 aliphatic rings. The molecule has 0 atom stereocenters. The maximum absolute atomic E-state index is 5.75. The van der Waals surface area contributed by atoms with Gasteiger partial charge in [0.2, 0.25) is 0 Å². The van der Waals surface area contributed by atoms with Gasteiger partial charge in [-0.05, 0) is 42.2 Å². The van der Waals surface area contributed by atoms with Crippen LogP contribution in [0, 0.1) is 0 Å². The lowest BCUT2D eigenvalue weighted by Gasteiger charge is -2.07. The Labute approximate surface area is 129 Å². The van der Waals surface area contributed by atoms with Crippen molar-refractivity contribution in [2.45, 2.75) is 26.2 Å². The Morgan fingerprint density at radius 1 is 1.00 bits per heavy atom. The number of ether oxygens (including phenoxy) is 1. The Bertz CT molecular complexity index is 508. The quantitative estimate of drug-likeness (QED) is 0.708. The smallest absolute Gasteiger partial charge is 0.119 e. The van der Waals surface area contributed by atoms with Crippen LogP contribution in [-0.4, -0.2) is 16.9 Å². The number of aromatic nitrogens is 1. The first kappa shape index (κ1) is 15.0. The minimum atomic E-state index is 0.663. The largest absolute Gasteiger partial charge is 0.493 e. The third kappa shape index (κ3) is 4.64. The molecule has 0 spiro atoms. The molecule has 0 unspecified atom stereocenters. The summed E-state index contributed by atoms with van der Waals surface area (Å²) < 4.78 is 5.75. The predicted octanol–water partition coefficient (Wildman–Crippen LogP) is 4.20. The molecule has 0 saturated heterocycles. The van der Waals surface area contributed by atoms with E-state index in [9.17, 15) is 0 Å². The van der Waals surface area contributed by atoms with Crippen LogP contribution in [0.1, 0.15) is 23.7 Å². The van der Waals surface area contributed by atoms with E-state index in [0.717, 1.165) is 36.0 Å². The zero-order chi connectivity index (χ0) is 14.2. The minimum absolute atomic E-state index is 0.663. The third-order valence-electron chi connectivity index (χ3n) is 3.23. The summed E-state index contributed by atoms with van der Waals surface area (Å²) in [4.78, 5) is 4.43. The Balaban J connectivity index is 1.79. The summed E-state index contributed by atoms with van der Waals surface area (Å²) in [6, 6.07) is 12.5. The second-order valence-electron chi connectivity index (χ2n) is 4.69. The van der Waals surface area contributed by atoms with Crippen LogP contribution in [0.2, 0.25) is 0 Å². The molecule has 1 aromatic carbocycles. The highest BCUT2D eigenvalue weighted by Crippen LogP contribution is 2.13. The maximum atomic E-state index is 5.75. The van der Waals surface area contributed by atoms with E-state index in [1.54, 1.807) is 0 Å². The highest BCUT2D eigenvalue weighted by atomic mass is 79.9. The minimum Gasteiger partial charge on any atom is -0.493 e. The molecule has 20 heavy (non-hydrogen) atoms. The first-order chi connectivity index (χ1) is 9.81. The van der Waals surface area contributed by atoms with Gasteiger partial charge in [0.05, 0.1) is 6.61 Å². The van der Waals surface area contributed by atoms with Crippen molar-refractivity contribution >= 4 is 15.9 Å². The molecule has 0 aliphatic heterocycles. The number of hydrogen-bond acceptors (Lipinski definition) is 2. The molecule has 106 valence electrons. The van der Waals surface area contributed by atoms with Gasteiger partial charge in [-0.15, -0.1) is 0 Å². The zero-order valence-corrected chi connectivity index (χ0v) is 13.4. The lowest BCUT2D eigenvalue weighted by Crippen LogP contribution is -2.03. The van der Waals surface area contributed by atoms with Crippen molar-refractivity contribution in [2.24, 2.45) is 0 Å². The van der Waals surface area contributed by atoms with E-state index in [-0.39, 0.29) is 0 Å². The molecule has 3 heteroatoms. The highest BCUT2D eigenvalue weighted by molar-refractivity contribution is 9.09. The fourth-order valence-electron chi connectivity index (χ4n) is 1.95. The van der Waals surface area contributed by atoms with Gasteiger partial charge >= 0.3 is 0 Å². The van der Waals surface area contributed by atoms with E-state index in [0.29, 0.717) is 6.61 Å². The van der Waals surface area contributed by atoms with Crippen molar-refractivity contribution in [1.29, 1.82) is 0 Å². The molecule has 0 amide bonds. The van der Waals surface area contributed by atoms with Crippen molar-refractivity contribution in [3.8, 4) is 5.75 Å². The predicted molar refractivity (Wildman–Crippen MR) is 86.8 cm³/mol. The number of nitrogens with zero attached hydrogens (tertiary/aromatic N) is 1. The van der Waals surface area contributed by atoms with Gasteiger partial charge in [0, 0.05) is 23.6 Å². The second kappa shape index (κ2) is 8.05. The SMILES string of the molecule is CCc1ccc(CCOc2ccc(CCBr)cc2)nc1. The van der Waals surface area contributed by atoms with Crippen LogP contribution < -0.4 is 4.74 Å². The molecule has 2 aromatic rings. The van der Waals surface area contributed by atoms with Crippen LogP contribution in [0.25, 0.3) is 0 Å². The summed E-state index contributed by atoms with van der Waals surface area (Å²) in [5.41, 5.74) is 3.68. The van der Waals surface area contributed by atoms with Crippen molar-refractivity contribution < 1.29 is 4.74 Å². The van der Waals surface area contributed by atoms with Crippen molar-refractivity contribution in [2.75, 3.05) is 11.9 Å². The number of halogens is 1. The van der Waals surface area contributed by atoms with Crippen LogP contribution >= 0.6 is 15.9 Å². The monoisotopic (exact) mass is 333 g/mol. The third-order valence-corrected chi connectivity index (χ3v) is 3.62. The van der Waals surface area contributed by atoms with Crippen molar-refractivity contribution in [3.63, 3.8) is 0 Å². The number of benzene rings is 1. The molecule has 2 nitrogen and oxygen atoms in total. The average Bonchev–Trinajstić information content (AvgIpc) is 2.50. The van der Waals surface area contributed by atoms with Crippen molar-refractivity contribution in [1.82, 2.24) is 4.98 Å².